The summed E-state index contributed by atoms with van der Waals surface area (Å²) in [7, 11) is 2.98. The number of aromatic hydroxyl groups is 1. The summed E-state index contributed by atoms with van der Waals surface area (Å²) in [4.78, 5) is 11.7. The number of carbonyl (C=O) groups is 1. The third-order valence-corrected chi connectivity index (χ3v) is 2.75. The van der Waals surface area contributed by atoms with Crippen molar-refractivity contribution in [3.8, 4) is 17.2 Å². The first-order valence-electron chi connectivity index (χ1n) is 5.26. The predicted molar refractivity (Wildman–Crippen MR) is 59.8 cm³/mol. The van der Waals surface area contributed by atoms with Gasteiger partial charge >= 0.3 is 5.97 Å². The topological polar surface area (TPSA) is 65.0 Å². The van der Waals surface area contributed by atoms with Gasteiger partial charge in [0.05, 0.1) is 14.2 Å². The maximum absolute atomic E-state index is 11.7. The van der Waals surface area contributed by atoms with Crippen molar-refractivity contribution in [1.29, 1.82) is 0 Å². The van der Waals surface area contributed by atoms with Crippen LogP contribution in [-0.4, -0.2) is 31.4 Å². The molecule has 1 heterocycles. The molecule has 0 unspecified atom stereocenters. The van der Waals surface area contributed by atoms with Crippen LogP contribution in [0.4, 0.5) is 0 Å². The highest BCUT2D eigenvalue weighted by molar-refractivity contribution is 5.96. The highest BCUT2D eigenvalue weighted by Gasteiger charge is 2.31. The first-order valence-corrected chi connectivity index (χ1v) is 5.26. The van der Waals surface area contributed by atoms with Crippen molar-refractivity contribution in [1.82, 2.24) is 0 Å². The van der Waals surface area contributed by atoms with Gasteiger partial charge in [0.1, 0.15) is 17.4 Å². The quantitative estimate of drug-likeness (QED) is 0.791. The molecule has 1 aromatic carbocycles. The van der Waals surface area contributed by atoms with Crippen LogP contribution in [0.1, 0.15) is 22.8 Å². The molecule has 0 saturated carbocycles. The predicted octanol–water partition coefficient (Wildman–Crippen LogP) is 1.51. The minimum Gasteiger partial charge on any atom is -0.507 e. The van der Waals surface area contributed by atoms with Crippen molar-refractivity contribution in [3.63, 3.8) is 0 Å². The molecule has 2 rings (SSSR count). The lowest BCUT2D eigenvalue weighted by atomic mass is 9.96. The zero-order valence-corrected chi connectivity index (χ0v) is 9.94. The lowest BCUT2D eigenvalue weighted by Gasteiger charge is -2.25. The fourth-order valence-electron chi connectivity index (χ4n) is 2.05. The molecule has 5 nitrogen and oxygen atoms in total. The van der Waals surface area contributed by atoms with Gasteiger partial charge in [-0.3, -0.25) is 0 Å². The molecule has 1 atom stereocenters. The maximum Gasteiger partial charge on any atom is 0.342 e. The van der Waals surface area contributed by atoms with Crippen LogP contribution >= 0.6 is 0 Å². The molecular formula is C12H14O5. The van der Waals surface area contributed by atoms with Crippen LogP contribution in [0.3, 0.4) is 0 Å². The fourth-order valence-corrected chi connectivity index (χ4v) is 2.05. The van der Waals surface area contributed by atoms with Crippen molar-refractivity contribution in [2.75, 3.05) is 14.2 Å². The van der Waals surface area contributed by atoms with Crippen LogP contribution < -0.4 is 9.47 Å². The average Bonchev–Trinajstić information content (AvgIpc) is 2.27. The number of hydrogen-bond acceptors (Lipinski definition) is 5. The summed E-state index contributed by atoms with van der Waals surface area (Å²) in [6.07, 6.45) is 0.255. The number of rotatable bonds is 2. The summed E-state index contributed by atoms with van der Waals surface area (Å²) in [6, 6.07) is 1.36. The van der Waals surface area contributed by atoms with Crippen molar-refractivity contribution < 1.29 is 24.1 Å². The summed E-state index contributed by atoms with van der Waals surface area (Å²) in [5, 5.41) is 9.81. The van der Waals surface area contributed by atoms with E-state index in [1.165, 1.54) is 20.3 Å². The highest BCUT2D eigenvalue weighted by Crippen LogP contribution is 2.42. The number of benzene rings is 1. The molecule has 17 heavy (non-hydrogen) atoms. The average molecular weight is 238 g/mol. The first kappa shape index (κ1) is 11.6. The minimum absolute atomic E-state index is 0.144. The van der Waals surface area contributed by atoms with Crippen LogP contribution in [-0.2, 0) is 11.2 Å². The number of phenols is 1. The standard InChI is InChI=1S/C12H14O5/c1-6-4-7-10(12(14)17-6)8(13)5-9(15-2)11(7)16-3/h5-6,13H,4H2,1-3H3/t6-/m1/s1. The van der Waals surface area contributed by atoms with E-state index < -0.39 is 5.97 Å². The van der Waals surface area contributed by atoms with Crippen molar-refractivity contribution in [3.05, 3.63) is 17.2 Å². The molecule has 1 N–H and O–H groups in total. The Labute approximate surface area is 98.9 Å². The Balaban J connectivity index is 2.68. The van der Waals surface area contributed by atoms with Gasteiger partial charge in [0.2, 0.25) is 0 Å². The summed E-state index contributed by atoms with van der Waals surface area (Å²) in [5.74, 6) is 0.209. The Morgan fingerprint density at radius 1 is 1.41 bits per heavy atom. The zero-order valence-electron chi connectivity index (χ0n) is 9.94. The molecule has 0 amide bonds. The van der Waals surface area contributed by atoms with E-state index in [-0.39, 0.29) is 17.4 Å². The van der Waals surface area contributed by atoms with Crippen LogP contribution in [0.5, 0.6) is 17.2 Å². The number of fused-ring (bicyclic) bond motifs is 1. The van der Waals surface area contributed by atoms with E-state index in [4.69, 9.17) is 14.2 Å². The Bertz CT molecular complexity index is 466. The van der Waals surface area contributed by atoms with E-state index in [1.54, 1.807) is 6.92 Å². The Morgan fingerprint density at radius 2 is 2.12 bits per heavy atom. The fraction of sp³-hybridized carbons (Fsp3) is 0.417. The number of esters is 1. The molecule has 1 aliphatic rings. The maximum atomic E-state index is 11.7. The van der Waals surface area contributed by atoms with Crippen LogP contribution in [0, 0.1) is 0 Å². The van der Waals surface area contributed by atoms with Gasteiger partial charge in [-0.15, -0.1) is 0 Å². The number of cyclic esters (lactones) is 1. The van der Waals surface area contributed by atoms with Crippen LogP contribution in [0.2, 0.25) is 0 Å². The van der Waals surface area contributed by atoms with E-state index in [0.717, 1.165) is 0 Å². The lowest BCUT2D eigenvalue weighted by molar-refractivity contribution is 0.0293. The van der Waals surface area contributed by atoms with Gasteiger partial charge in [0.25, 0.3) is 0 Å². The molecule has 0 spiro atoms. The van der Waals surface area contributed by atoms with E-state index in [0.29, 0.717) is 23.5 Å². The first-order chi connectivity index (χ1) is 8.08. The Morgan fingerprint density at radius 3 is 2.71 bits per heavy atom. The molecule has 0 radical (unpaired) electrons. The monoisotopic (exact) mass is 238 g/mol. The Hall–Kier alpha value is -1.91. The zero-order chi connectivity index (χ0) is 12.6. The number of phenolic OH excluding ortho intramolecular Hbond substituents is 1. The second-order valence-corrected chi connectivity index (χ2v) is 3.90. The van der Waals surface area contributed by atoms with Gasteiger partial charge in [-0.05, 0) is 6.92 Å². The molecule has 0 fully saturated rings. The SMILES string of the molecule is COc1cc(O)c2c(c1OC)C[C@@H](C)OC2=O. The van der Waals surface area contributed by atoms with E-state index in [2.05, 4.69) is 0 Å². The number of hydrogen-bond donors (Lipinski definition) is 1. The number of carbonyl (C=O) groups excluding carboxylic acids is 1. The van der Waals surface area contributed by atoms with Crippen molar-refractivity contribution >= 4 is 5.97 Å². The molecule has 0 aromatic heterocycles. The lowest BCUT2D eigenvalue weighted by Crippen LogP contribution is -2.25. The molecule has 1 aliphatic heterocycles. The van der Waals surface area contributed by atoms with Gasteiger partial charge in [-0.2, -0.15) is 0 Å². The smallest absolute Gasteiger partial charge is 0.342 e. The molecule has 0 saturated heterocycles. The molecule has 1 aromatic rings. The highest BCUT2D eigenvalue weighted by atomic mass is 16.5. The third kappa shape index (κ3) is 1.77. The van der Waals surface area contributed by atoms with Gasteiger partial charge in [-0.1, -0.05) is 0 Å². The number of ether oxygens (including phenoxy) is 3. The van der Waals surface area contributed by atoms with E-state index in [1.807, 2.05) is 0 Å². The van der Waals surface area contributed by atoms with Gasteiger partial charge in [0, 0.05) is 18.1 Å². The second kappa shape index (κ2) is 4.16. The van der Waals surface area contributed by atoms with Gasteiger partial charge in [0.15, 0.2) is 11.5 Å². The molecular weight excluding hydrogens is 224 g/mol. The largest absolute Gasteiger partial charge is 0.507 e. The van der Waals surface area contributed by atoms with Gasteiger partial charge in [-0.25, -0.2) is 4.79 Å². The molecule has 0 aliphatic carbocycles. The summed E-state index contributed by atoms with van der Waals surface area (Å²) < 4.78 is 15.4. The Kier molecular flexibility index (Phi) is 2.83. The van der Waals surface area contributed by atoms with Crippen molar-refractivity contribution in [2.45, 2.75) is 19.4 Å². The molecule has 0 bridgehead atoms. The van der Waals surface area contributed by atoms with Gasteiger partial charge < -0.3 is 19.3 Å². The normalized spacial score (nSPS) is 18.3. The van der Waals surface area contributed by atoms with E-state index >= 15 is 0 Å². The van der Waals surface area contributed by atoms with Crippen LogP contribution in [0.25, 0.3) is 0 Å². The van der Waals surface area contributed by atoms with E-state index in [9.17, 15) is 9.90 Å². The summed E-state index contributed by atoms with van der Waals surface area (Å²) in [6.45, 7) is 1.79. The minimum atomic E-state index is -0.530. The number of methoxy groups -OCH3 is 2. The third-order valence-electron chi connectivity index (χ3n) is 2.75. The summed E-state index contributed by atoms with van der Waals surface area (Å²) in [5.41, 5.74) is 0.800. The molecule has 92 valence electrons. The van der Waals surface area contributed by atoms with Crippen LogP contribution in [0.15, 0.2) is 6.07 Å². The molecule has 5 heteroatoms. The summed E-state index contributed by atoms with van der Waals surface area (Å²) >= 11 is 0. The second-order valence-electron chi connectivity index (χ2n) is 3.90. The van der Waals surface area contributed by atoms with Crippen molar-refractivity contribution in [2.24, 2.45) is 0 Å².